The second-order valence-corrected chi connectivity index (χ2v) is 4.71. The molecule has 0 radical (unpaired) electrons. The SMILES string of the molecule is COc1ccc(/C=C/C(=O)Nc2ccccc2Cl)cc1N. The van der Waals surface area contributed by atoms with E-state index in [9.17, 15) is 4.79 Å². The number of nitrogen functional groups attached to an aromatic ring is 1. The van der Waals surface area contributed by atoms with Gasteiger partial charge < -0.3 is 15.8 Å². The highest BCUT2D eigenvalue weighted by atomic mass is 35.5. The van der Waals surface area contributed by atoms with E-state index in [1.54, 1.807) is 49.6 Å². The fourth-order valence-electron chi connectivity index (χ4n) is 1.77. The molecule has 2 aromatic rings. The van der Waals surface area contributed by atoms with Crippen LogP contribution in [-0.4, -0.2) is 13.0 Å². The van der Waals surface area contributed by atoms with E-state index in [-0.39, 0.29) is 5.91 Å². The summed E-state index contributed by atoms with van der Waals surface area (Å²) < 4.78 is 5.07. The number of benzene rings is 2. The van der Waals surface area contributed by atoms with Crippen LogP contribution in [0.5, 0.6) is 5.75 Å². The second-order valence-electron chi connectivity index (χ2n) is 4.30. The molecule has 0 aliphatic carbocycles. The molecule has 3 N–H and O–H groups in total. The first-order valence-electron chi connectivity index (χ1n) is 6.27. The number of nitrogens with two attached hydrogens (primary N) is 1. The predicted molar refractivity (Wildman–Crippen MR) is 86.5 cm³/mol. The van der Waals surface area contributed by atoms with E-state index in [1.165, 1.54) is 6.08 Å². The summed E-state index contributed by atoms with van der Waals surface area (Å²) in [6.45, 7) is 0. The minimum absolute atomic E-state index is 0.266. The molecule has 0 spiro atoms. The minimum Gasteiger partial charge on any atom is -0.495 e. The number of methoxy groups -OCH3 is 1. The van der Waals surface area contributed by atoms with Crippen molar-refractivity contribution in [3.05, 3.63) is 59.1 Å². The van der Waals surface area contributed by atoms with Crippen molar-refractivity contribution in [3.63, 3.8) is 0 Å². The van der Waals surface area contributed by atoms with Crippen molar-refractivity contribution in [2.45, 2.75) is 0 Å². The van der Waals surface area contributed by atoms with Gasteiger partial charge in [0.1, 0.15) is 5.75 Å². The number of para-hydroxylation sites is 1. The number of nitrogens with one attached hydrogen (secondary N) is 1. The Bertz CT molecular complexity index is 684. The van der Waals surface area contributed by atoms with Crippen LogP contribution >= 0.6 is 11.6 Å². The van der Waals surface area contributed by atoms with E-state index in [0.717, 1.165) is 5.56 Å². The molecule has 21 heavy (non-hydrogen) atoms. The molecule has 108 valence electrons. The second kappa shape index (κ2) is 6.81. The molecule has 0 saturated heterocycles. The zero-order chi connectivity index (χ0) is 15.2. The van der Waals surface area contributed by atoms with Gasteiger partial charge in [0.2, 0.25) is 5.91 Å². The van der Waals surface area contributed by atoms with Crippen molar-refractivity contribution < 1.29 is 9.53 Å². The van der Waals surface area contributed by atoms with Gasteiger partial charge in [0, 0.05) is 6.08 Å². The Morgan fingerprint density at radius 2 is 2.05 bits per heavy atom. The van der Waals surface area contributed by atoms with Gasteiger partial charge in [0.05, 0.1) is 23.5 Å². The number of carbonyl (C=O) groups is 1. The highest BCUT2D eigenvalue weighted by Crippen LogP contribution is 2.23. The molecule has 0 aromatic heterocycles. The van der Waals surface area contributed by atoms with Crippen LogP contribution < -0.4 is 15.8 Å². The largest absolute Gasteiger partial charge is 0.495 e. The standard InChI is InChI=1S/C16H15ClN2O2/c1-21-15-8-6-11(10-13(15)18)7-9-16(20)19-14-5-3-2-4-12(14)17/h2-10H,18H2,1H3,(H,19,20)/b9-7+. The first-order valence-corrected chi connectivity index (χ1v) is 6.65. The molecule has 0 atom stereocenters. The van der Waals surface area contributed by atoms with Crippen molar-refractivity contribution >= 4 is 35.0 Å². The molecule has 0 aliphatic heterocycles. The summed E-state index contributed by atoms with van der Waals surface area (Å²) >= 11 is 5.97. The third-order valence-electron chi connectivity index (χ3n) is 2.81. The number of ether oxygens (including phenoxy) is 1. The monoisotopic (exact) mass is 302 g/mol. The van der Waals surface area contributed by atoms with Crippen molar-refractivity contribution in [1.82, 2.24) is 0 Å². The number of carbonyl (C=O) groups excluding carboxylic acids is 1. The first kappa shape index (κ1) is 14.9. The molecule has 0 bridgehead atoms. The molecule has 2 rings (SSSR count). The molecule has 2 aromatic carbocycles. The van der Waals surface area contributed by atoms with E-state index in [4.69, 9.17) is 22.1 Å². The Labute approximate surface area is 128 Å². The first-order chi connectivity index (χ1) is 10.1. The van der Waals surface area contributed by atoms with Gasteiger partial charge >= 0.3 is 0 Å². The molecule has 0 saturated carbocycles. The van der Waals surface area contributed by atoms with Gasteiger partial charge in [0.25, 0.3) is 0 Å². The van der Waals surface area contributed by atoms with E-state index >= 15 is 0 Å². The highest BCUT2D eigenvalue weighted by molar-refractivity contribution is 6.33. The summed E-state index contributed by atoms with van der Waals surface area (Å²) in [5.74, 6) is 0.338. The highest BCUT2D eigenvalue weighted by Gasteiger charge is 2.02. The zero-order valence-electron chi connectivity index (χ0n) is 11.5. The quantitative estimate of drug-likeness (QED) is 0.670. The van der Waals surface area contributed by atoms with Gasteiger partial charge in [0.15, 0.2) is 0 Å². The predicted octanol–water partition coefficient (Wildman–Crippen LogP) is 3.58. The normalized spacial score (nSPS) is 10.6. The van der Waals surface area contributed by atoms with Gasteiger partial charge in [-0.1, -0.05) is 29.8 Å². The molecule has 0 unspecified atom stereocenters. The number of rotatable bonds is 4. The molecule has 0 fully saturated rings. The van der Waals surface area contributed by atoms with E-state index < -0.39 is 0 Å². The summed E-state index contributed by atoms with van der Waals surface area (Å²) in [4.78, 5) is 11.8. The molecule has 4 nitrogen and oxygen atoms in total. The fraction of sp³-hybridized carbons (Fsp3) is 0.0625. The summed E-state index contributed by atoms with van der Waals surface area (Å²) in [7, 11) is 1.55. The Morgan fingerprint density at radius 1 is 1.29 bits per heavy atom. The molecular formula is C16H15ClN2O2. The summed E-state index contributed by atoms with van der Waals surface area (Å²) in [5, 5.41) is 3.20. The van der Waals surface area contributed by atoms with Crippen LogP contribution in [-0.2, 0) is 4.79 Å². The van der Waals surface area contributed by atoms with Crippen molar-refractivity contribution in [2.75, 3.05) is 18.2 Å². The number of hydrogen-bond acceptors (Lipinski definition) is 3. The number of anilines is 2. The Hall–Kier alpha value is -2.46. The van der Waals surface area contributed by atoms with Crippen molar-refractivity contribution in [1.29, 1.82) is 0 Å². The van der Waals surface area contributed by atoms with Gasteiger partial charge in [-0.3, -0.25) is 4.79 Å². The molecular weight excluding hydrogens is 288 g/mol. The third-order valence-corrected chi connectivity index (χ3v) is 3.14. The van der Waals surface area contributed by atoms with Crippen LogP contribution in [0.15, 0.2) is 48.5 Å². The zero-order valence-corrected chi connectivity index (χ0v) is 12.2. The smallest absolute Gasteiger partial charge is 0.248 e. The molecule has 5 heteroatoms. The van der Waals surface area contributed by atoms with Crippen LogP contribution in [0.1, 0.15) is 5.56 Å². The minimum atomic E-state index is -0.266. The Kier molecular flexibility index (Phi) is 4.85. The number of hydrogen-bond donors (Lipinski definition) is 2. The molecule has 1 amide bonds. The van der Waals surface area contributed by atoms with Gasteiger partial charge in [-0.05, 0) is 35.9 Å². The third kappa shape index (κ3) is 4.00. The molecule has 0 aliphatic rings. The van der Waals surface area contributed by atoms with E-state index in [2.05, 4.69) is 5.32 Å². The lowest BCUT2D eigenvalue weighted by Gasteiger charge is -2.05. The van der Waals surface area contributed by atoms with Gasteiger partial charge in [-0.2, -0.15) is 0 Å². The van der Waals surface area contributed by atoms with Gasteiger partial charge in [-0.25, -0.2) is 0 Å². The maximum absolute atomic E-state index is 11.8. The average molecular weight is 303 g/mol. The lowest BCUT2D eigenvalue weighted by Crippen LogP contribution is -2.07. The van der Waals surface area contributed by atoms with Crippen molar-refractivity contribution in [2.24, 2.45) is 0 Å². The Morgan fingerprint density at radius 3 is 2.71 bits per heavy atom. The summed E-state index contributed by atoms with van der Waals surface area (Å²) in [6.07, 6.45) is 3.09. The average Bonchev–Trinajstić information content (AvgIpc) is 2.48. The van der Waals surface area contributed by atoms with Crippen LogP contribution in [0.4, 0.5) is 11.4 Å². The Balaban J connectivity index is 2.05. The van der Waals surface area contributed by atoms with Crippen LogP contribution in [0.2, 0.25) is 5.02 Å². The number of halogens is 1. The maximum atomic E-state index is 11.8. The lowest BCUT2D eigenvalue weighted by atomic mass is 10.1. The summed E-state index contributed by atoms with van der Waals surface area (Å²) in [5.41, 5.74) is 7.70. The van der Waals surface area contributed by atoms with Crippen LogP contribution in [0.25, 0.3) is 6.08 Å². The van der Waals surface area contributed by atoms with Crippen LogP contribution in [0, 0.1) is 0 Å². The molecule has 0 heterocycles. The van der Waals surface area contributed by atoms with Crippen molar-refractivity contribution in [3.8, 4) is 5.75 Å². The van der Waals surface area contributed by atoms with E-state index in [0.29, 0.717) is 22.1 Å². The fourth-order valence-corrected chi connectivity index (χ4v) is 1.95. The summed E-state index contributed by atoms with van der Waals surface area (Å²) in [6, 6.07) is 12.3. The lowest BCUT2D eigenvalue weighted by molar-refractivity contribution is -0.111. The topological polar surface area (TPSA) is 64.3 Å². The van der Waals surface area contributed by atoms with Gasteiger partial charge in [-0.15, -0.1) is 0 Å². The maximum Gasteiger partial charge on any atom is 0.248 e. The van der Waals surface area contributed by atoms with Crippen LogP contribution in [0.3, 0.4) is 0 Å². The van der Waals surface area contributed by atoms with E-state index in [1.807, 2.05) is 6.07 Å². The number of amides is 1.